The van der Waals surface area contributed by atoms with Crippen LogP contribution in [0.4, 0.5) is 0 Å². The number of carbonyl (C=O) groups is 3. The second-order valence-corrected chi connectivity index (χ2v) is 9.79. The first kappa shape index (κ1) is 18.9. The molecule has 0 saturated heterocycles. The number of carbonyl (C=O) groups excluding carboxylic acids is 3. The Morgan fingerprint density at radius 3 is 2.48 bits per heavy atom. The van der Waals surface area contributed by atoms with E-state index in [0.29, 0.717) is 17.4 Å². The number of fused-ring (bicyclic) bond motifs is 7. The fourth-order valence-corrected chi connectivity index (χ4v) is 7.27. The van der Waals surface area contributed by atoms with Gasteiger partial charge in [0.25, 0.3) is 5.91 Å². The summed E-state index contributed by atoms with van der Waals surface area (Å²) in [5, 5.41) is 11.5. The molecular weight excluding hydrogens is 368 g/mol. The standard InChI is InChI=1S/C23H28N2O4/c1-9-15-10-4-5-11(6-10)17(15)20(26)13-7-12-8-14(23(24)29)21(27)19(25(2)3)18(12)22(28)16(9)13/h4-5,7-11,13,15-19,22,28H,6H2,1-3H3,(H2,24,29). The highest BCUT2D eigenvalue weighted by atomic mass is 16.3. The van der Waals surface area contributed by atoms with Crippen LogP contribution in [0.3, 0.4) is 0 Å². The second kappa shape index (κ2) is 6.22. The fourth-order valence-electron chi connectivity index (χ4n) is 7.27. The lowest BCUT2D eigenvalue weighted by molar-refractivity contribution is -0.144. The lowest BCUT2D eigenvalue weighted by atomic mass is 9.53. The number of nitrogens with two attached hydrogens (primary N) is 1. The average Bonchev–Trinajstić information content (AvgIpc) is 3.27. The van der Waals surface area contributed by atoms with Gasteiger partial charge < -0.3 is 10.8 Å². The van der Waals surface area contributed by atoms with Crippen molar-refractivity contribution in [2.24, 2.45) is 53.1 Å². The van der Waals surface area contributed by atoms with E-state index in [4.69, 9.17) is 5.73 Å². The number of rotatable bonds is 2. The molecule has 10 unspecified atom stereocenters. The zero-order chi connectivity index (χ0) is 20.8. The molecule has 0 aliphatic heterocycles. The minimum Gasteiger partial charge on any atom is -0.392 e. The summed E-state index contributed by atoms with van der Waals surface area (Å²) >= 11 is 0. The lowest BCUT2D eigenvalue weighted by Crippen LogP contribution is -2.59. The first-order valence-electron chi connectivity index (χ1n) is 10.6. The summed E-state index contributed by atoms with van der Waals surface area (Å²) < 4.78 is 0. The van der Waals surface area contributed by atoms with Gasteiger partial charge in [-0.1, -0.05) is 25.2 Å². The summed E-state index contributed by atoms with van der Waals surface area (Å²) in [6.45, 7) is 2.17. The van der Waals surface area contributed by atoms with Gasteiger partial charge in [0, 0.05) is 23.7 Å². The Balaban J connectivity index is 1.63. The SMILES string of the molecule is CC1C2C(C=C3C=C(C(N)=O)C(=O)C(N(C)C)C3C2O)C(=O)C2C3C=CC(C3)C12. The Kier molecular flexibility index (Phi) is 4.07. The van der Waals surface area contributed by atoms with Crippen molar-refractivity contribution >= 4 is 17.5 Å². The third-order valence-electron chi connectivity index (χ3n) is 8.33. The van der Waals surface area contributed by atoms with Gasteiger partial charge in [0.1, 0.15) is 5.78 Å². The maximum Gasteiger partial charge on any atom is 0.252 e. The van der Waals surface area contributed by atoms with Crippen LogP contribution in [-0.4, -0.2) is 53.7 Å². The van der Waals surface area contributed by atoms with Crippen molar-refractivity contribution in [2.45, 2.75) is 25.5 Å². The maximum absolute atomic E-state index is 13.5. The van der Waals surface area contributed by atoms with E-state index in [1.165, 1.54) is 6.08 Å². The molecule has 6 heteroatoms. The monoisotopic (exact) mass is 396 g/mol. The van der Waals surface area contributed by atoms with Crippen LogP contribution in [0.2, 0.25) is 0 Å². The molecule has 1 amide bonds. The van der Waals surface area contributed by atoms with E-state index < -0.39 is 24.0 Å². The van der Waals surface area contributed by atoms with Gasteiger partial charge in [0.15, 0.2) is 5.78 Å². The zero-order valence-electron chi connectivity index (χ0n) is 17.0. The molecule has 0 spiro atoms. The predicted molar refractivity (Wildman–Crippen MR) is 106 cm³/mol. The van der Waals surface area contributed by atoms with Gasteiger partial charge in [0.2, 0.25) is 0 Å². The number of aliphatic hydroxyl groups excluding tert-OH is 1. The molecule has 5 aliphatic rings. The van der Waals surface area contributed by atoms with E-state index in [1.54, 1.807) is 19.0 Å². The van der Waals surface area contributed by atoms with Gasteiger partial charge in [0.05, 0.1) is 17.7 Å². The molecule has 0 aromatic rings. The smallest absolute Gasteiger partial charge is 0.252 e. The zero-order valence-corrected chi connectivity index (χ0v) is 17.0. The number of amides is 1. The number of allylic oxidation sites excluding steroid dienone is 4. The highest BCUT2D eigenvalue weighted by Crippen LogP contribution is 2.60. The first-order chi connectivity index (χ1) is 13.7. The first-order valence-corrected chi connectivity index (χ1v) is 10.6. The Hall–Kier alpha value is -2.05. The predicted octanol–water partition coefficient (Wildman–Crippen LogP) is 0.718. The van der Waals surface area contributed by atoms with Crippen molar-refractivity contribution in [3.8, 4) is 0 Å². The molecular formula is C23H28N2O4. The summed E-state index contributed by atoms with van der Waals surface area (Å²) in [6, 6.07) is -0.662. The van der Waals surface area contributed by atoms with Crippen LogP contribution in [0.15, 0.2) is 35.5 Å². The van der Waals surface area contributed by atoms with Crippen LogP contribution in [0.25, 0.3) is 0 Å². The van der Waals surface area contributed by atoms with Gasteiger partial charge in [-0.25, -0.2) is 0 Å². The third kappa shape index (κ3) is 2.39. The average molecular weight is 396 g/mol. The second-order valence-electron chi connectivity index (χ2n) is 9.79. The highest BCUT2D eigenvalue weighted by molar-refractivity contribution is 6.22. The number of Topliss-reactive ketones (excluding diaryl/α,β-unsaturated/α-hetero) is 2. The van der Waals surface area contributed by atoms with Crippen molar-refractivity contribution in [3.05, 3.63) is 35.5 Å². The Bertz CT molecular complexity index is 901. The summed E-state index contributed by atoms with van der Waals surface area (Å²) in [7, 11) is 3.55. The van der Waals surface area contributed by atoms with Crippen LogP contribution < -0.4 is 5.73 Å². The van der Waals surface area contributed by atoms with Crippen molar-refractivity contribution in [3.63, 3.8) is 0 Å². The molecule has 154 valence electrons. The Morgan fingerprint density at radius 2 is 1.83 bits per heavy atom. The topological polar surface area (TPSA) is 101 Å². The molecule has 5 rings (SSSR count). The quantitative estimate of drug-likeness (QED) is 0.529. The molecule has 10 atom stereocenters. The molecule has 0 radical (unpaired) electrons. The number of aliphatic hydroxyl groups is 1. The van der Waals surface area contributed by atoms with Crippen LogP contribution in [0.1, 0.15) is 13.3 Å². The van der Waals surface area contributed by atoms with Crippen molar-refractivity contribution in [1.29, 1.82) is 0 Å². The molecule has 0 aromatic heterocycles. The third-order valence-corrected chi connectivity index (χ3v) is 8.33. The lowest BCUT2D eigenvalue weighted by Gasteiger charge is -2.52. The molecule has 0 heterocycles. The van der Waals surface area contributed by atoms with Crippen LogP contribution in [0.5, 0.6) is 0 Å². The summed E-state index contributed by atoms with van der Waals surface area (Å²) in [5.74, 6) is -0.712. The van der Waals surface area contributed by atoms with E-state index in [9.17, 15) is 19.5 Å². The maximum atomic E-state index is 13.5. The minimum atomic E-state index is -0.815. The molecule has 6 nitrogen and oxygen atoms in total. The van der Waals surface area contributed by atoms with Crippen molar-refractivity contribution < 1.29 is 19.5 Å². The Morgan fingerprint density at radius 1 is 1.14 bits per heavy atom. The van der Waals surface area contributed by atoms with Crippen LogP contribution in [-0.2, 0) is 14.4 Å². The van der Waals surface area contributed by atoms with Gasteiger partial charge >= 0.3 is 0 Å². The number of hydrogen-bond acceptors (Lipinski definition) is 5. The number of likely N-dealkylation sites (N-methyl/N-ethyl adjacent to an activating group) is 1. The van der Waals surface area contributed by atoms with Crippen molar-refractivity contribution in [1.82, 2.24) is 4.90 Å². The fraction of sp³-hybridized carbons (Fsp3) is 0.609. The molecule has 29 heavy (non-hydrogen) atoms. The van der Waals surface area contributed by atoms with Crippen molar-refractivity contribution in [2.75, 3.05) is 14.1 Å². The molecule has 0 aromatic carbocycles. The van der Waals surface area contributed by atoms with E-state index in [1.807, 2.05) is 6.08 Å². The number of nitrogens with zero attached hydrogens (tertiary/aromatic N) is 1. The number of ketones is 2. The molecule has 2 saturated carbocycles. The molecule has 2 bridgehead atoms. The molecule has 3 N–H and O–H groups in total. The highest BCUT2D eigenvalue weighted by Gasteiger charge is 2.61. The van der Waals surface area contributed by atoms with Crippen LogP contribution >= 0.6 is 0 Å². The van der Waals surface area contributed by atoms with Gasteiger partial charge in [-0.2, -0.15) is 0 Å². The van der Waals surface area contributed by atoms with Crippen LogP contribution in [0, 0.1) is 47.3 Å². The van der Waals surface area contributed by atoms with Gasteiger partial charge in [-0.05, 0) is 55.8 Å². The number of primary amides is 1. The Labute approximate surface area is 170 Å². The van der Waals surface area contributed by atoms with Gasteiger partial charge in [-0.15, -0.1) is 0 Å². The van der Waals surface area contributed by atoms with Gasteiger partial charge in [-0.3, -0.25) is 19.3 Å². The number of hydrogen-bond donors (Lipinski definition) is 2. The summed E-state index contributed by atoms with van der Waals surface area (Å²) in [6.07, 6.45) is 8.11. The van der Waals surface area contributed by atoms with E-state index in [2.05, 4.69) is 19.1 Å². The van der Waals surface area contributed by atoms with E-state index >= 15 is 0 Å². The molecule has 5 aliphatic carbocycles. The van der Waals surface area contributed by atoms with E-state index in [-0.39, 0.29) is 46.7 Å². The minimum absolute atomic E-state index is 0.0244. The van der Waals surface area contributed by atoms with E-state index in [0.717, 1.165) is 6.42 Å². The normalized spacial score (nSPS) is 47.5. The molecule has 2 fully saturated rings. The summed E-state index contributed by atoms with van der Waals surface area (Å²) in [4.78, 5) is 40.1. The summed E-state index contributed by atoms with van der Waals surface area (Å²) in [5.41, 5.74) is 6.11. The largest absolute Gasteiger partial charge is 0.392 e.